The van der Waals surface area contributed by atoms with E-state index in [1.807, 2.05) is 18.3 Å². The first-order valence-corrected chi connectivity index (χ1v) is 10.3. The van der Waals surface area contributed by atoms with E-state index in [4.69, 9.17) is 9.15 Å². The number of aryl methyl sites for hydroxylation is 1. The number of nitrogens with one attached hydrogen (secondary N) is 1. The highest BCUT2D eigenvalue weighted by molar-refractivity contribution is 7.99. The van der Waals surface area contributed by atoms with E-state index in [1.54, 1.807) is 42.1 Å². The number of carbonyl (C=O) groups excluding carboxylic acids is 1. The monoisotopic (exact) mass is 419 g/mol. The number of amides is 1. The van der Waals surface area contributed by atoms with Gasteiger partial charge in [-0.3, -0.25) is 4.79 Å². The summed E-state index contributed by atoms with van der Waals surface area (Å²) >= 11 is 1.75. The number of imidazole rings is 1. The zero-order chi connectivity index (χ0) is 20.7. The van der Waals surface area contributed by atoms with Crippen molar-refractivity contribution in [3.8, 4) is 17.0 Å². The van der Waals surface area contributed by atoms with Gasteiger partial charge in [0, 0.05) is 35.1 Å². The number of carbonyl (C=O) groups is 1. The Bertz CT molecular complexity index is 1300. The molecule has 2 aromatic heterocycles. The van der Waals surface area contributed by atoms with Crippen LogP contribution >= 0.6 is 11.8 Å². The first kappa shape index (κ1) is 18.5. The van der Waals surface area contributed by atoms with Crippen LogP contribution in [0.3, 0.4) is 0 Å². The van der Waals surface area contributed by atoms with E-state index in [9.17, 15) is 9.59 Å². The summed E-state index contributed by atoms with van der Waals surface area (Å²) in [5, 5.41) is 4.39. The van der Waals surface area contributed by atoms with Crippen LogP contribution in [0.1, 0.15) is 10.4 Å². The summed E-state index contributed by atoms with van der Waals surface area (Å²) in [5.41, 5.74) is 1.98. The molecule has 30 heavy (non-hydrogen) atoms. The van der Waals surface area contributed by atoms with Crippen LogP contribution in [-0.4, -0.2) is 28.3 Å². The molecule has 2 aromatic carbocycles. The Morgan fingerprint density at radius 3 is 2.83 bits per heavy atom. The highest BCUT2D eigenvalue weighted by Crippen LogP contribution is 2.29. The minimum absolute atomic E-state index is 0.0672. The number of hydrogen-bond acceptors (Lipinski definition) is 6. The second kappa shape index (κ2) is 7.38. The normalized spacial score (nSPS) is 12.7. The summed E-state index contributed by atoms with van der Waals surface area (Å²) in [7, 11) is 1.50. The van der Waals surface area contributed by atoms with Crippen molar-refractivity contribution in [1.29, 1.82) is 0 Å². The van der Waals surface area contributed by atoms with Gasteiger partial charge in [-0.05, 0) is 24.3 Å². The topological polar surface area (TPSA) is 86.4 Å². The number of rotatable bonds is 4. The van der Waals surface area contributed by atoms with Gasteiger partial charge in [0.2, 0.25) is 0 Å². The van der Waals surface area contributed by atoms with E-state index in [0.29, 0.717) is 22.4 Å². The molecule has 0 spiro atoms. The molecule has 0 bridgehead atoms. The standard InChI is InChI=1S/C22H17N3O4S/c1-28-18-4-2-3-14-11-16(21(27)29-19(14)18)20(26)23-15-7-5-13(6-8-15)17-12-25-9-10-30-22(25)24-17/h2-8,11-12H,9-10H2,1H3,(H,23,26). The zero-order valence-corrected chi connectivity index (χ0v) is 16.9. The number of nitrogens with zero attached hydrogens (tertiary/aromatic N) is 2. The smallest absolute Gasteiger partial charge is 0.349 e. The average Bonchev–Trinajstić information content (AvgIpc) is 3.36. The van der Waals surface area contributed by atoms with Gasteiger partial charge >= 0.3 is 5.63 Å². The number of methoxy groups -OCH3 is 1. The van der Waals surface area contributed by atoms with Gasteiger partial charge in [-0.25, -0.2) is 9.78 Å². The summed E-state index contributed by atoms with van der Waals surface area (Å²) in [4.78, 5) is 29.6. The van der Waals surface area contributed by atoms with Crippen LogP contribution in [-0.2, 0) is 6.54 Å². The molecule has 0 atom stereocenters. The Morgan fingerprint density at radius 2 is 2.07 bits per heavy atom. The predicted octanol–water partition coefficient (Wildman–Crippen LogP) is 4.02. The highest BCUT2D eigenvalue weighted by atomic mass is 32.2. The van der Waals surface area contributed by atoms with E-state index in [2.05, 4.69) is 14.9 Å². The van der Waals surface area contributed by atoms with Gasteiger partial charge in [-0.2, -0.15) is 0 Å². The minimum Gasteiger partial charge on any atom is -0.493 e. The molecule has 0 saturated heterocycles. The highest BCUT2D eigenvalue weighted by Gasteiger charge is 2.17. The SMILES string of the molecule is COc1cccc2cc(C(=O)Nc3ccc(-c4cn5c(n4)SCC5)cc3)c(=O)oc12. The molecule has 0 saturated carbocycles. The first-order chi connectivity index (χ1) is 14.6. The molecule has 5 rings (SSSR count). The van der Waals surface area contributed by atoms with Crippen molar-refractivity contribution in [2.24, 2.45) is 0 Å². The molecule has 1 aliphatic rings. The maximum atomic E-state index is 12.7. The van der Waals surface area contributed by atoms with E-state index >= 15 is 0 Å². The molecule has 150 valence electrons. The number of hydrogen-bond donors (Lipinski definition) is 1. The molecule has 7 nitrogen and oxygen atoms in total. The van der Waals surface area contributed by atoms with Crippen LogP contribution in [0.25, 0.3) is 22.2 Å². The van der Waals surface area contributed by atoms with Gasteiger partial charge in [0.15, 0.2) is 16.5 Å². The molecule has 0 fully saturated rings. The van der Waals surface area contributed by atoms with E-state index < -0.39 is 11.5 Å². The van der Waals surface area contributed by atoms with E-state index in [-0.39, 0.29) is 5.56 Å². The number of para-hydroxylation sites is 1. The molecule has 0 aliphatic carbocycles. The number of ether oxygens (including phenoxy) is 1. The molecule has 1 N–H and O–H groups in total. The van der Waals surface area contributed by atoms with Gasteiger partial charge in [-0.15, -0.1) is 0 Å². The van der Waals surface area contributed by atoms with Crippen molar-refractivity contribution in [3.63, 3.8) is 0 Å². The third kappa shape index (κ3) is 3.25. The van der Waals surface area contributed by atoms with Gasteiger partial charge in [0.25, 0.3) is 5.91 Å². The summed E-state index contributed by atoms with van der Waals surface area (Å²) < 4.78 is 12.7. The third-order valence-corrected chi connectivity index (χ3v) is 5.90. The lowest BCUT2D eigenvalue weighted by Crippen LogP contribution is -2.20. The lowest BCUT2D eigenvalue weighted by Gasteiger charge is -2.07. The van der Waals surface area contributed by atoms with Crippen LogP contribution in [0, 0.1) is 0 Å². The molecule has 3 heterocycles. The van der Waals surface area contributed by atoms with Gasteiger partial charge in [-0.1, -0.05) is 36.0 Å². The number of thioether (sulfide) groups is 1. The van der Waals surface area contributed by atoms with E-state index in [0.717, 1.165) is 28.7 Å². The summed E-state index contributed by atoms with van der Waals surface area (Å²) in [6.07, 6.45) is 2.04. The van der Waals surface area contributed by atoms with Crippen LogP contribution < -0.4 is 15.7 Å². The van der Waals surface area contributed by atoms with Gasteiger partial charge in [0.05, 0.1) is 12.8 Å². The number of anilines is 1. The fraction of sp³-hybridized carbons (Fsp3) is 0.136. The second-order valence-electron chi connectivity index (χ2n) is 6.81. The molecular weight excluding hydrogens is 402 g/mol. The lowest BCUT2D eigenvalue weighted by atomic mass is 10.1. The molecule has 8 heteroatoms. The summed E-state index contributed by atoms with van der Waals surface area (Å²) in [5.74, 6) is 0.970. The van der Waals surface area contributed by atoms with Crippen molar-refractivity contribution in [1.82, 2.24) is 9.55 Å². The number of benzene rings is 2. The quantitative estimate of drug-likeness (QED) is 0.503. The Labute approximate surface area is 175 Å². The maximum Gasteiger partial charge on any atom is 0.349 e. The number of fused-ring (bicyclic) bond motifs is 2. The summed E-state index contributed by atoms with van der Waals surface area (Å²) in [6, 6.07) is 14.1. The second-order valence-corrected chi connectivity index (χ2v) is 7.87. The van der Waals surface area contributed by atoms with Crippen molar-refractivity contribution < 1.29 is 13.9 Å². The Balaban J connectivity index is 1.38. The first-order valence-electron chi connectivity index (χ1n) is 9.35. The molecular formula is C22H17N3O4S. The van der Waals surface area contributed by atoms with Crippen molar-refractivity contribution in [2.45, 2.75) is 11.7 Å². The largest absolute Gasteiger partial charge is 0.493 e. The van der Waals surface area contributed by atoms with Crippen LogP contribution in [0.4, 0.5) is 5.69 Å². The average molecular weight is 419 g/mol. The molecule has 1 amide bonds. The van der Waals surface area contributed by atoms with Crippen LogP contribution in [0.5, 0.6) is 5.75 Å². The summed E-state index contributed by atoms with van der Waals surface area (Å²) in [6.45, 7) is 0.974. The third-order valence-electron chi connectivity index (χ3n) is 4.93. The van der Waals surface area contributed by atoms with Crippen LogP contribution in [0.15, 0.2) is 69.1 Å². The van der Waals surface area contributed by atoms with Gasteiger partial charge in [0.1, 0.15) is 5.56 Å². The molecule has 4 aromatic rings. The van der Waals surface area contributed by atoms with Crippen molar-refractivity contribution in [2.75, 3.05) is 18.2 Å². The molecule has 0 unspecified atom stereocenters. The Morgan fingerprint density at radius 1 is 1.23 bits per heavy atom. The van der Waals surface area contributed by atoms with Crippen molar-refractivity contribution >= 4 is 34.3 Å². The fourth-order valence-corrected chi connectivity index (χ4v) is 4.35. The predicted molar refractivity (Wildman–Crippen MR) is 115 cm³/mol. The number of aromatic nitrogens is 2. The van der Waals surface area contributed by atoms with Gasteiger partial charge < -0.3 is 19.0 Å². The minimum atomic E-state index is -0.717. The zero-order valence-electron chi connectivity index (χ0n) is 16.0. The van der Waals surface area contributed by atoms with Crippen LogP contribution in [0.2, 0.25) is 0 Å². The Hall–Kier alpha value is -3.52. The molecule has 1 aliphatic heterocycles. The Kier molecular flexibility index (Phi) is 4.55. The fourth-order valence-electron chi connectivity index (χ4n) is 3.41. The molecule has 0 radical (unpaired) electrons. The van der Waals surface area contributed by atoms with Crippen molar-refractivity contribution in [3.05, 3.63) is 70.7 Å². The maximum absolute atomic E-state index is 12.7. The lowest BCUT2D eigenvalue weighted by molar-refractivity contribution is 0.102. The van der Waals surface area contributed by atoms with E-state index in [1.165, 1.54) is 13.2 Å².